The molecule has 1 amide bonds. The number of hydrogen-bond donors (Lipinski definition) is 1. The maximum atomic E-state index is 10.7. The van der Waals surface area contributed by atoms with Gasteiger partial charge in [-0.2, -0.15) is 0 Å². The van der Waals surface area contributed by atoms with Gasteiger partial charge >= 0.3 is 6.09 Å². The lowest BCUT2D eigenvalue weighted by molar-refractivity contribution is 0.0986. The molecule has 0 saturated carbocycles. The fourth-order valence-corrected chi connectivity index (χ4v) is 1.41. The Balaban J connectivity index is 1.69. The monoisotopic (exact) mass is 207 g/mol. The minimum atomic E-state index is -0.358. The number of nitrogens with one attached hydrogen (secondary N) is 1. The average molecular weight is 207 g/mol. The zero-order valence-corrected chi connectivity index (χ0v) is 8.31. The molecule has 0 spiro atoms. The lowest BCUT2D eigenvalue weighted by atomic mass is 10.2. The number of carbonyl (C=O) groups excluding carboxylic acids is 1. The molecule has 1 heterocycles. The van der Waals surface area contributed by atoms with Crippen LogP contribution in [0.5, 0.6) is 0 Å². The molecule has 1 N–H and O–H groups in total. The van der Waals surface area contributed by atoms with Gasteiger partial charge in [0.15, 0.2) is 0 Å². The molecule has 2 rings (SSSR count). The first-order valence-electron chi connectivity index (χ1n) is 4.89. The molecule has 1 aliphatic rings. The molecule has 0 bridgehead atoms. The Bertz CT molecular complexity index is 326. The zero-order chi connectivity index (χ0) is 10.5. The first-order chi connectivity index (χ1) is 7.34. The fraction of sp³-hybridized carbons (Fsp3) is 0.364. The minimum Gasteiger partial charge on any atom is -0.447 e. The summed E-state index contributed by atoms with van der Waals surface area (Å²) < 4.78 is 10.2. The van der Waals surface area contributed by atoms with Gasteiger partial charge in [0.25, 0.3) is 0 Å². The zero-order valence-electron chi connectivity index (χ0n) is 8.31. The van der Waals surface area contributed by atoms with Crippen LogP contribution in [0.15, 0.2) is 30.3 Å². The Morgan fingerprint density at radius 1 is 1.40 bits per heavy atom. The highest BCUT2D eigenvalue weighted by molar-refractivity contribution is 5.69. The van der Waals surface area contributed by atoms with E-state index >= 15 is 0 Å². The topological polar surface area (TPSA) is 47.6 Å². The summed E-state index contributed by atoms with van der Waals surface area (Å²) in [6, 6.07) is 9.90. The predicted molar refractivity (Wildman–Crippen MR) is 54.4 cm³/mol. The smallest absolute Gasteiger partial charge is 0.407 e. The molecule has 0 aliphatic carbocycles. The predicted octanol–water partition coefficient (Wildman–Crippen LogP) is 1.31. The number of alkyl carbamates (subject to hydrolysis) is 1. The van der Waals surface area contributed by atoms with E-state index in [0.29, 0.717) is 19.8 Å². The summed E-state index contributed by atoms with van der Waals surface area (Å²) in [7, 11) is 0. The van der Waals surface area contributed by atoms with Gasteiger partial charge in [0.05, 0.1) is 19.3 Å². The van der Waals surface area contributed by atoms with Crippen LogP contribution in [0.25, 0.3) is 0 Å². The van der Waals surface area contributed by atoms with E-state index < -0.39 is 0 Å². The SMILES string of the molecule is O=C1N[C@@H](COCc2ccccc2)CO1. The van der Waals surface area contributed by atoms with Crippen LogP contribution in [-0.2, 0) is 16.1 Å². The molecule has 1 aliphatic heterocycles. The number of cyclic esters (lactones) is 1. The molecule has 1 aromatic carbocycles. The molecule has 1 aromatic rings. The Kier molecular flexibility index (Phi) is 3.19. The van der Waals surface area contributed by atoms with Gasteiger partial charge in [0.1, 0.15) is 6.61 Å². The van der Waals surface area contributed by atoms with Gasteiger partial charge in [0.2, 0.25) is 0 Å². The second kappa shape index (κ2) is 4.79. The van der Waals surface area contributed by atoms with Crippen LogP contribution in [0.2, 0.25) is 0 Å². The molecule has 4 heteroatoms. The summed E-state index contributed by atoms with van der Waals surface area (Å²) in [5, 5.41) is 2.65. The van der Waals surface area contributed by atoms with Crippen LogP contribution in [0.1, 0.15) is 5.56 Å². The highest BCUT2D eigenvalue weighted by Gasteiger charge is 2.21. The van der Waals surface area contributed by atoms with E-state index in [9.17, 15) is 4.79 Å². The van der Waals surface area contributed by atoms with Gasteiger partial charge in [-0.25, -0.2) is 4.79 Å². The lowest BCUT2D eigenvalue weighted by Crippen LogP contribution is -2.30. The van der Waals surface area contributed by atoms with Crippen molar-refractivity contribution >= 4 is 6.09 Å². The summed E-state index contributed by atoms with van der Waals surface area (Å²) in [4.78, 5) is 10.7. The normalized spacial score (nSPS) is 19.7. The molecule has 0 aromatic heterocycles. The number of ether oxygens (including phenoxy) is 2. The molecular weight excluding hydrogens is 194 g/mol. The van der Waals surface area contributed by atoms with Crippen molar-refractivity contribution in [2.24, 2.45) is 0 Å². The maximum Gasteiger partial charge on any atom is 0.407 e. The van der Waals surface area contributed by atoms with Crippen LogP contribution < -0.4 is 5.32 Å². The summed E-state index contributed by atoms with van der Waals surface area (Å²) in [5.74, 6) is 0. The molecule has 0 radical (unpaired) electrons. The van der Waals surface area contributed by atoms with Gasteiger partial charge in [-0.05, 0) is 5.56 Å². The molecule has 4 nitrogen and oxygen atoms in total. The van der Waals surface area contributed by atoms with Crippen LogP contribution in [-0.4, -0.2) is 25.3 Å². The van der Waals surface area contributed by atoms with Crippen molar-refractivity contribution in [2.75, 3.05) is 13.2 Å². The molecule has 80 valence electrons. The molecule has 0 unspecified atom stereocenters. The Morgan fingerprint density at radius 3 is 2.87 bits per heavy atom. The molecule has 1 saturated heterocycles. The molecular formula is C11H13NO3. The van der Waals surface area contributed by atoms with E-state index in [0.717, 1.165) is 5.56 Å². The maximum absolute atomic E-state index is 10.7. The summed E-state index contributed by atoms with van der Waals surface area (Å²) >= 11 is 0. The third kappa shape index (κ3) is 2.95. The first kappa shape index (κ1) is 9.98. The fourth-order valence-electron chi connectivity index (χ4n) is 1.41. The largest absolute Gasteiger partial charge is 0.447 e. The van der Waals surface area contributed by atoms with E-state index in [4.69, 9.17) is 9.47 Å². The van der Waals surface area contributed by atoms with E-state index in [-0.39, 0.29) is 12.1 Å². The minimum absolute atomic E-state index is 0.0128. The Labute approximate surface area is 88.2 Å². The van der Waals surface area contributed by atoms with E-state index in [1.54, 1.807) is 0 Å². The molecule has 1 fully saturated rings. The second-order valence-corrected chi connectivity index (χ2v) is 3.44. The van der Waals surface area contributed by atoms with Crippen LogP contribution in [0, 0.1) is 0 Å². The lowest BCUT2D eigenvalue weighted by Gasteiger charge is -2.08. The van der Waals surface area contributed by atoms with Gasteiger partial charge in [-0.15, -0.1) is 0 Å². The quantitative estimate of drug-likeness (QED) is 0.809. The van der Waals surface area contributed by atoms with Crippen molar-refractivity contribution in [3.8, 4) is 0 Å². The Morgan fingerprint density at radius 2 is 2.20 bits per heavy atom. The van der Waals surface area contributed by atoms with E-state index in [2.05, 4.69) is 5.32 Å². The van der Waals surface area contributed by atoms with Crippen molar-refractivity contribution in [3.05, 3.63) is 35.9 Å². The molecule has 15 heavy (non-hydrogen) atoms. The van der Waals surface area contributed by atoms with Crippen molar-refractivity contribution in [2.45, 2.75) is 12.6 Å². The van der Waals surface area contributed by atoms with Crippen molar-refractivity contribution in [1.29, 1.82) is 0 Å². The summed E-state index contributed by atoms with van der Waals surface area (Å²) in [5.41, 5.74) is 1.13. The van der Waals surface area contributed by atoms with Gasteiger partial charge < -0.3 is 14.8 Å². The van der Waals surface area contributed by atoms with E-state index in [1.807, 2.05) is 30.3 Å². The van der Waals surface area contributed by atoms with Crippen molar-refractivity contribution < 1.29 is 14.3 Å². The van der Waals surface area contributed by atoms with Crippen LogP contribution >= 0.6 is 0 Å². The van der Waals surface area contributed by atoms with E-state index in [1.165, 1.54) is 0 Å². The highest BCUT2D eigenvalue weighted by Crippen LogP contribution is 2.03. The number of benzene rings is 1. The van der Waals surface area contributed by atoms with Crippen molar-refractivity contribution in [1.82, 2.24) is 5.32 Å². The standard InChI is InChI=1S/C11H13NO3/c13-11-12-10(8-15-11)7-14-6-9-4-2-1-3-5-9/h1-5,10H,6-8H2,(H,12,13)/t10-/m0/s1. The Hall–Kier alpha value is -1.55. The third-order valence-electron chi connectivity index (χ3n) is 2.17. The van der Waals surface area contributed by atoms with Gasteiger partial charge in [-0.1, -0.05) is 30.3 Å². The number of rotatable bonds is 4. The van der Waals surface area contributed by atoms with Crippen LogP contribution in [0.3, 0.4) is 0 Å². The number of hydrogen-bond acceptors (Lipinski definition) is 3. The molecule has 1 atom stereocenters. The summed E-state index contributed by atoms with van der Waals surface area (Å²) in [6.45, 7) is 1.45. The first-order valence-corrected chi connectivity index (χ1v) is 4.89. The second-order valence-electron chi connectivity index (χ2n) is 3.44. The number of amides is 1. The van der Waals surface area contributed by atoms with Crippen molar-refractivity contribution in [3.63, 3.8) is 0 Å². The van der Waals surface area contributed by atoms with Crippen LogP contribution in [0.4, 0.5) is 4.79 Å². The van der Waals surface area contributed by atoms with Gasteiger partial charge in [-0.3, -0.25) is 0 Å². The summed E-state index contributed by atoms with van der Waals surface area (Å²) in [6.07, 6.45) is -0.358. The average Bonchev–Trinajstić information content (AvgIpc) is 2.66. The highest BCUT2D eigenvalue weighted by atomic mass is 16.6. The number of carbonyl (C=O) groups is 1. The third-order valence-corrected chi connectivity index (χ3v) is 2.17. The van der Waals surface area contributed by atoms with Gasteiger partial charge in [0, 0.05) is 0 Å².